The molecule has 0 fully saturated rings. The van der Waals surface area contributed by atoms with E-state index in [0.29, 0.717) is 6.54 Å². The Morgan fingerprint density at radius 1 is 1.29 bits per heavy atom. The predicted octanol–water partition coefficient (Wildman–Crippen LogP) is 2.25. The Morgan fingerprint density at radius 3 is 2.53 bits per heavy atom. The molecule has 0 aliphatic rings. The number of nitrogens with one attached hydrogen (secondary N) is 1. The van der Waals surface area contributed by atoms with Crippen LogP contribution in [-0.4, -0.2) is 23.9 Å². The van der Waals surface area contributed by atoms with E-state index in [4.69, 9.17) is 9.84 Å². The minimum absolute atomic E-state index is 0.202. The van der Waals surface area contributed by atoms with Crippen LogP contribution in [0.5, 0.6) is 5.75 Å². The summed E-state index contributed by atoms with van der Waals surface area (Å²) < 4.78 is 5.68. The highest BCUT2D eigenvalue weighted by atomic mass is 16.5. The van der Waals surface area contributed by atoms with Crippen molar-refractivity contribution in [3.05, 3.63) is 29.3 Å². The van der Waals surface area contributed by atoms with Gasteiger partial charge in [-0.05, 0) is 44.9 Å². The molecule has 0 amide bonds. The van der Waals surface area contributed by atoms with Gasteiger partial charge in [-0.2, -0.15) is 0 Å². The van der Waals surface area contributed by atoms with Crippen LogP contribution >= 0.6 is 0 Å². The highest BCUT2D eigenvalue weighted by Gasteiger charge is 2.03. The minimum Gasteiger partial charge on any atom is -0.491 e. The number of aliphatic hydroxyl groups is 1. The maximum atomic E-state index is 9.15. The third-order valence-electron chi connectivity index (χ3n) is 2.37. The molecule has 2 N–H and O–H groups in total. The Morgan fingerprint density at radius 2 is 2.00 bits per heavy atom. The molecular weight excluding hydrogens is 214 g/mol. The zero-order valence-corrected chi connectivity index (χ0v) is 11.2. The van der Waals surface area contributed by atoms with Gasteiger partial charge in [0.25, 0.3) is 0 Å². The second-order valence-electron chi connectivity index (χ2n) is 4.75. The van der Waals surface area contributed by atoms with Gasteiger partial charge in [0.1, 0.15) is 5.75 Å². The number of benzene rings is 1. The number of aliphatic hydroxyl groups excluding tert-OH is 1. The van der Waals surface area contributed by atoms with E-state index in [0.717, 1.165) is 17.9 Å². The summed E-state index contributed by atoms with van der Waals surface area (Å²) in [7, 11) is 0. The molecule has 0 aromatic heterocycles. The van der Waals surface area contributed by atoms with E-state index < -0.39 is 0 Å². The third kappa shape index (κ3) is 5.20. The largest absolute Gasteiger partial charge is 0.491 e. The number of rotatable bonds is 6. The van der Waals surface area contributed by atoms with Crippen molar-refractivity contribution in [3.8, 4) is 5.75 Å². The second-order valence-corrected chi connectivity index (χ2v) is 4.75. The quantitative estimate of drug-likeness (QED) is 0.797. The van der Waals surface area contributed by atoms with Crippen molar-refractivity contribution in [2.75, 3.05) is 6.54 Å². The van der Waals surface area contributed by atoms with Gasteiger partial charge in [-0.25, -0.2) is 0 Å². The van der Waals surface area contributed by atoms with Gasteiger partial charge in [0.2, 0.25) is 0 Å². The van der Waals surface area contributed by atoms with Gasteiger partial charge in [-0.1, -0.05) is 12.1 Å². The monoisotopic (exact) mass is 237 g/mol. The molecule has 1 rings (SSSR count). The van der Waals surface area contributed by atoms with Crippen LogP contribution in [0.25, 0.3) is 0 Å². The van der Waals surface area contributed by atoms with Gasteiger partial charge in [0.15, 0.2) is 0 Å². The van der Waals surface area contributed by atoms with Gasteiger partial charge >= 0.3 is 0 Å². The van der Waals surface area contributed by atoms with Crippen molar-refractivity contribution >= 4 is 0 Å². The van der Waals surface area contributed by atoms with Gasteiger partial charge in [0.05, 0.1) is 12.2 Å². The van der Waals surface area contributed by atoms with E-state index in [1.54, 1.807) is 6.92 Å². The van der Waals surface area contributed by atoms with E-state index in [1.807, 2.05) is 19.9 Å². The minimum atomic E-state index is -0.306. The zero-order chi connectivity index (χ0) is 12.8. The summed E-state index contributed by atoms with van der Waals surface area (Å²) in [5.74, 6) is 0.944. The van der Waals surface area contributed by atoms with Crippen LogP contribution in [-0.2, 0) is 6.54 Å². The van der Waals surface area contributed by atoms with E-state index in [-0.39, 0.29) is 12.2 Å². The average Bonchev–Trinajstić information content (AvgIpc) is 2.21. The molecular formula is C14H23NO2. The summed E-state index contributed by atoms with van der Waals surface area (Å²) in [6.45, 7) is 9.26. The number of hydrogen-bond donors (Lipinski definition) is 2. The van der Waals surface area contributed by atoms with Gasteiger partial charge in [-0.3, -0.25) is 0 Å². The molecule has 0 aliphatic carbocycles. The molecule has 96 valence electrons. The van der Waals surface area contributed by atoms with Crippen LogP contribution in [0.2, 0.25) is 0 Å². The van der Waals surface area contributed by atoms with Crippen LogP contribution in [0.3, 0.4) is 0 Å². The molecule has 0 radical (unpaired) electrons. The van der Waals surface area contributed by atoms with Crippen LogP contribution < -0.4 is 10.1 Å². The maximum Gasteiger partial charge on any atom is 0.122 e. The molecule has 1 unspecified atom stereocenters. The Balaban J connectivity index is 2.56. The molecule has 0 aliphatic heterocycles. The molecule has 0 heterocycles. The van der Waals surface area contributed by atoms with Gasteiger partial charge in [0, 0.05) is 13.1 Å². The zero-order valence-electron chi connectivity index (χ0n) is 11.2. The molecule has 0 spiro atoms. The lowest BCUT2D eigenvalue weighted by atomic mass is 10.1. The summed E-state index contributed by atoms with van der Waals surface area (Å²) in [6, 6.07) is 6.18. The molecule has 3 nitrogen and oxygen atoms in total. The summed E-state index contributed by atoms with van der Waals surface area (Å²) in [5.41, 5.74) is 2.36. The van der Waals surface area contributed by atoms with E-state index >= 15 is 0 Å². The molecule has 1 atom stereocenters. The third-order valence-corrected chi connectivity index (χ3v) is 2.37. The topological polar surface area (TPSA) is 41.5 Å². The fourth-order valence-corrected chi connectivity index (χ4v) is 1.63. The summed E-state index contributed by atoms with van der Waals surface area (Å²) in [5, 5.41) is 12.3. The Labute approximate surface area is 104 Å². The highest BCUT2D eigenvalue weighted by molar-refractivity contribution is 5.36. The maximum absolute atomic E-state index is 9.15. The molecule has 17 heavy (non-hydrogen) atoms. The number of ether oxygens (including phenoxy) is 1. The van der Waals surface area contributed by atoms with E-state index in [9.17, 15) is 0 Å². The number of aryl methyl sites for hydroxylation is 1. The highest BCUT2D eigenvalue weighted by Crippen LogP contribution is 2.20. The van der Waals surface area contributed by atoms with Crippen molar-refractivity contribution in [1.29, 1.82) is 0 Å². The first-order chi connectivity index (χ1) is 7.99. The standard InChI is InChI=1S/C14H23NO2/c1-10(2)17-14-6-5-13(7-11(14)3)9-15-8-12(4)16/h5-7,10,12,15-16H,8-9H2,1-4H3. The molecule has 3 heteroatoms. The fraction of sp³-hybridized carbons (Fsp3) is 0.571. The predicted molar refractivity (Wildman–Crippen MR) is 70.3 cm³/mol. The molecule has 1 aromatic rings. The van der Waals surface area contributed by atoms with Crippen LogP contribution in [0, 0.1) is 6.92 Å². The van der Waals surface area contributed by atoms with Crippen LogP contribution in [0.15, 0.2) is 18.2 Å². The molecule has 0 saturated heterocycles. The summed E-state index contributed by atoms with van der Waals surface area (Å²) in [4.78, 5) is 0. The summed E-state index contributed by atoms with van der Waals surface area (Å²) in [6.07, 6.45) is -0.104. The first-order valence-corrected chi connectivity index (χ1v) is 6.14. The Kier molecular flexibility index (Phi) is 5.45. The van der Waals surface area contributed by atoms with Crippen molar-refractivity contribution in [3.63, 3.8) is 0 Å². The van der Waals surface area contributed by atoms with Crippen molar-refractivity contribution in [1.82, 2.24) is 5.32 Å². The van der Waals surface area contributed by atoms with Gasteiger partial charge in [-0.15, -0.1) is 0 Å². The Bertz CT molecular complexity index is 348. The molecule has 1 aromatic carbocycles. The second kappa shape index (κ2) is 6.62. The number of hydrogen-bond acceptors (Lipinski definition) is 3. The van der Waals surface area contributed by atoms with Gasteiger partial charge < -0.3 is 15.2 Å². The summed E-state index contributed by atoms with van der Waals surface area (Å²) >= 11 is 0. The van der Waals surface area contributed by atoms with Crippen LogP contribution in [0.1, 0.15) is 31.9 Å². The average molecular weight is 237 g/mol. The smallest absolute Gasteiger partial charge is 0.122 e. The lowest BCUT2D eigenvalue weighted by molar-refractivity contribution is 0.191. The van der Waals surface area contributed by atoms with Crippen molar-refractivity contribution in [2.24, 2.45) is 0 Å². The van der Waals surface area contributed by atoms with E-state index in [2.05, 4.69) is 24.4 Å². The lowest BCUT2D eigenvalue weighted by Gasteiger charge is -2.14. The lowest BCUT2D eigenvalue weighted by Crippen LogP contribution is -2.23. The Hall–Kier alpha value is -1.06. The molecule has 0 bridgehead atoms. The van der Waals surface area contributed by atoms with Crippen LogP contribution in [0.4, 0.5) is 0 Å². The SMILES string of the molecule is Cc1cc(CNCC(C)O)ccc1OC(C)C. The van der Waals surface area contributed by atoms with Crippen molar-refractivity contribution < 1.29 is 9.84 Å². The first kappa shape index (κ1) is 14.0. The van der Waals surface area contributed by atoms with Crippen molar-refractivity contribution in [2.45, 2.75) is 46.4 Å². The molecule has 0 saturated carbocycles. The fourth-order valence-electron chi connectivity index (χ4n) is 1.63. The van der Waals surface area contributed by atoms with E-state index in [1.165, 1.54) is 5.56 Å². The normalized spacial score (nSPS) is 12.8. The first-order valence-electron chi connectivity index (χ1n) is 6.14.